The third kappa shape index (κ3) is 1.36. The van der Waals surface area contributed by atoms with Gasteiger partial charge in [0, 0.05) is 18.3 Å². The van der Waals surface area contributed by atoms with Crippen LogP contribution in [0.5, 0.6) is 0 Å². The second-order valence-electron chi connectivity index (χ2n) is 5.70. The molecule has 2 aliphatic heterocycles. The average Bonchev–Trinajstić information content (AvgIpc) is 2.75. The summed E-state index contributed by atoms with van der Waals surface area (Å²) in [5.41, 5.74) is -0.556. The number of hydrogen-bond acceptors (Lipinski definition) is 4. The summed E-state index contributed by atoms with van der Waals surface area (Å²) < 4.78 is 11.1. The Morgan fingerprint density at radius 1 is 1.53 bits per heavy atom. The molecule has 0 amide bonds. The van der Waals surface area contributed by atoms with Crippen molar-refractivity contribution in [3.63, 3.8) is 0 Å². The molecule has 0 aromatic rings. The van der Waals surface area contributed by atoms with Gasteiger partial charge in [-0.3, -0.25) is 9.59 Å². The van der Waals surface area contributed by atoms with Gasteiger partial charge in [-0.15, -0.1) is 0 Å². The van der Waals surface area contributed by atoms with Gasteiger partial charge in [-0.25, -0.2) is 0 Å². The fraction of sp³-hybridized carbons (Fsp3) is 0.846. The third-order valence-electron chi connectivity index (χ3n) is 4.71. The third-order valence-corrected chi connectivity index (χ3v) is 4.71. The lowest BCUT2D eigenvalue weighted by molar-refractivity contribution is -0.221. The SMILES string of the molecule is CCCC(=O)OC1C2CC3CC2C(=O)OC31C. The fourth-order valence-electron chi connectivity index (χ4n) is 3.84. The van der Waals surface area contributed by atoms with Crippen molar-refractivity contribution in [2.24, 2.45) is 17.8 Å². The van der Waals surface area contributed by atoms with E-state index in [0.717, 1.165) is 19.3 Å². The molecule has 0 N–H and O–H groups in total. The van der Waals surface area contributed by atoms with E-state index in [2.05, 4.69) is 0 Å². The number of hydrogen-bond donors (Lipinski definition) is 0. The summed E-state index contributed by atoms with van der Waals surface area (Å²) in [6.45, 7) is 3.88. The lowest BCUT2D eigenvalue weighted by Crippen LogP contribution is -2.59. The van der Waals surface area contributed by atoms with Crippen LogP contribution in [0, 0.1) is 17.8 Å². The predicted octanol–water partition coefficient (Wildman–Crippen LogP) is 1.67. The average molecular weight is 238 g/mol. The van der Waals surface area contributed by atoms with E-state index in [1.165, 1.54) is 0 Å². The molecule has 17 heavy (non-hydrogen) atoms. The van der Waals surface area contributed by atoms with Crippen LogP contribution in [-0.2, 0) is 19.1 Å². The second-order valence-corrected chi connectivity index (χ2v) is 5.70. The summed E-state index contributed by atoms with van der Waals surface area (Å²) >= 11 is 0. The molecule has 0 aromatic heterocycles. The van der Waals surface area contributed by atoms with E-state index < -0.39 is 5.60 Å². The van der Waals surface area contributed by atoms with Crippen molar-refractivity contribution >= 4 is 11.9 Å². The second kappa shape index (κ2) is 3.47. The molecular formula is C13H18O4. The Labute approximate surface area is 101 Å². The summed E-state index contributed by atoms with van der Waals surface area (Å²) in [6, 6.07) is 0. The summed E-state index contributed by atoms with van der Waals surface area (Å²) in [4.78, 5) is 23.3. The molecule has 2 saturated heterocycles. The first-order chi connectivity index (χ1) is 8.06. The van der Waals surface area contributed by atoms with Gasteiger partial charge in [0.25, 0.3) is 0 Å². The molecule has 2 heterocycles. The van der Waals surface area contributed by atoms with Crippen LogP contribution in [0.1, 0.15) is 39.5 Å². The maximum absolute atomic E-state index is 11.7. The first kappa shape index (κ1) is 11.1. The van der Waals surface area contributed by atoms with Gasteiger partial charge in [0.2, 0.25) is 0 Å². The van der Waals surface area contributed by atoms with Crippen LogP contribution in [0.4, 0.5) is 0 Å². The first-order valence-electron chi connectivity index (χ1n) is 6.48. The molecule has 4 heteroatoms. The van der Waals surface area contributed by atoms with Gasteiger partial charge in [0.1, 0.15) is 11.7 Å². The molecule has 4 rings (SSSR count). The maximum atomic E-state index is 11.7. The zero-order valence-electron chi connectivity index (χ0n) is 10.3. The van der Waals surface area contributed by atoms with Crippen LogP contribution in [0.15, 0.2) is 0 Å². The van der Waals surface area contributed by atoms with Crippen LogP contribution in [0.3, 0.4) is 0 Å². The summed E-state index contributed by atoms with van der Waals surface area (Å²) in [6.07, 6.45) is 2.92. The normalized spacial score (nSPS) is 46.1. The van der Waals surface area contributed by atoms with E-state index in [1.54, 1.807) is 0 Å². The highest BCUT2D eigenvalue weighted by Gasteiger charge is 2.69. The number of rotatable bonds is 3. The quantitative estimate of drug-likeness (QED) is 0.702. The van der Waals surface area contributed by atoms with E-state index in [1.807, 2.05) is 13.8 Å². The van der Waals surface area contributed by atoms with Crippen molar-refractivity contribution in [2.45, 2.75) is 51.2 Å². The topological polar surface area (TPSA) is 52.6 Å². The minimum absolute atomic E-state index is 0.0266. The Morgan fingerprint density at radius 3 is 2.94 bits per heavy atom. The number of esters is 2. The molecule has 5 unspecified atom stereocenters. The lowest BCUT2D eigenvalue weighted by atomic mass is 9.74. The van der Waals surface area contributed by atoms with Gasteiger partial charge >= 0.3 is 11.9 Å². The van der Waals surface area contributed by atoms with E-state index in [0.29, 0.717) is 12.3 Å². The highest BCUT2D eigenvalue weighted by atomic mass is 16.6. The number of ether oxygens (including phenoxy) is 2. The van der Waals surface area contributed by atoms with Crippen LogP contribution in [-0.4, -0.2) is 23.6 Å². The van der Waals surface area contributed by atoms with Crippen molar-refractivity contribution in [3.8, 4) is 0 Å². The minimum atomic E-state index is -0.556. The lowest BCUT2D eigenvalue weighted by Gasteiger charge is -2.47. The molecule has 0 aromatic carbocycles. The Kier molecular flexibility index (Phi) is 2.25. The molecule has 4 fully saturated rings. The van der Waals surface area contributed by atoms with Crippen molar-refractivity contribution < 1.29 is 19.1 Å². The van der Waals surface area contributed by atoms with Crippen molar-refractivity contribution in [1.29, 1.82) is 0 Å². The Morgan fingerprint density at radius 2 is 2.29 bits per heavy atom. The minimum Gasteiger partial charge on any atom is -0.458 e. The van der Waals surface area contributed by atoms with Crippen molar-refractivity contribution in [1.82, 2.24) is 0 Å². The molecule has 2 aliphatic carbocycles. The van der Waals surface area contributed by atoms with Crippen molar-refractivity contribution in [3.05, 3.63) is 0 Å². The van der Waals surface area contributed by atoms with Gasteiger partial charge in [-0.05, 0) is 26.2 Å². The van der Waals surface area contributed by atoms with Crippen LogP contribution >= 0.6 is 0 Å². The molecule has 0 spiro atoms. The zero-order chi connectivity index (χ0) is 12.2. The van der Waals surface area contributed by atoms with Gasteiger partial charge in [0.05, 0.1) is 5.92 Å². The maximum Gasteiger partial charge on any atom is 0.310 e. The largest absolute Gasteiger partial charge is 0.458 e. The molecule has 2 saturated carbocycles. The predicted molar refractivity (Wildman–Crippen MR) is 59.0 cm³/mol. The van der Waals surface area contributed by atoms with Crippen LogP contribution in [0.2, 0.25) is 0 Å². The Hall–Kier alpha value is -1.06. The molecular weight excluding hydrogens is 220 g/mol. The zero-order valence-corrected chi connectivity index (χ0v) is 10.3. The van der Waals surface area contributed by atoms with E-state index in [4.69, 9.17) is 9.47 Å². The number of carbonyl (C=O) groups excluding carboxylic acids is 2. The number of carbonyl (C=O) groups is 2. The van der Waals surface area contributed by atoms with E-state index in [9.17, 15) is 9.59 Å². The van der Waals surface area contributed by atoms with E-state index in [-0.39, 0.29) is 29.9 Å². The monoisotopic (exact) mass is 238 g/mol. The first-order valence-corrected chi connectivity index (χ1v) is 6.48. The molecule has 4 aliphatic rings. The summed E-state index contributed by atoms with van der Waals surface area (Å²) in [7, 11) is 0. The van der Waals surface area contributed by atoms with E-state index >= 15 is 0 Å². The fourth-order valence-corrected chi connectivity index (χ4v) is 3.84. The van der Waals surface area contributed by atoms with Gasteiger partial charge < -0.3 is 9.47 Å². The van der Waals surface area contributed by atoms with Crippen LogP contribution in [0.25, 0.3) is 0 Å². The van der Waals surface area contributed by atoms with Gasteiger partial charge in [-0.2, -0.15) is 0 Å². The molecule has 94 valence electrons. The number of fused-ring (bicyclic) bond motifs is 1. The van der Waals surface area contributed by atoms with Crippen LogP contribution < -0.4 is 0 Å². The summed E-state index contributed by atoms with van der Waals surface area (Å²) in [5, 5.41) is 0. The molecule has 4 bridgehead atoms. The Balaban J connectivity index is 1.80. The molecule has 0 radical (unpaired) electrons. The molecule has 4 nitrogen and oxygen atoms in total. The van der Waals surface area contributed by atoms with Gasteiger partial charge in [-0.1, -0.05) is 6.92 Å². The summed E-state index contributed by atoms with van der Waals surface area (Å²) in [5.74, 6) is 0.310. The van der Waals surface area contributed by atoms with Crippen molar-refractivity contribution in [2.75, 3.05) is 0 Å². The Bertz CT molecular complexity index is 378. The standard InChI is InChI=1S/C13H18O4/c1-3-4-10(14)16-11-8-5-7-6-9(8)12(15)17-13(7,11)2/h7-9,11H,3-6H2,1-2H3. The van der Waals surface area contributed by atoms with Gasteiger partial charge in [0.15, 0.2) is 0 Å². The highest BCUT2D eigenvalue weighted by Crippen LogP contribution is 2.60. The highest BCUT2D eigenvalue weighted by molar-refractivity contribution is 5.77. The smallest absolute Gasteiger partial charge is 0.310 e. The molecule has 5 atom stereocenters.